The minimum Gasteiger partial charge on any atom is -0.465 e. The molecule has 0 N–H and O–H groups in total. The molecule has 0 bridgehead atoms. The SMILES string of the molecule is CCOC(=O)CN(CC(=O)N(CC)C1CC1)C1CC1. The lowest BCUT2D eigenvalue weighted by Gasteiger charge is -2.26. The lowest BCUT2D eigenvalue weighted by molar-refractivity contribution is -0.145. The predicted octanol–water partition coefficient (Wildman–Crippen LogP) is 1.02. The summed E-state index contributed by atoms with van der Waals surface area (Å²) >= 11 is 0. The fourth-order valence-corrected chi connectivity index (χ4v) is 2.42. The van der Waals surface area contributed by atoms with Gasteiger partial charge in [-0.25, -0.2) is 0 Å². The van der Waals surface area contributed by atoms with Crippen LogP contribution in [0.3, 0.4) is 0 Å². The molecule has 1 amide bonds. The highest BCUT2D eigenvalue weighted by Crippen LogP contribution is 2.29. The third-order valence-corrected chi connectivity index (χ3v) is 3.69. The Kier molecular flexibility index (Phi) is 4.80. The van der Waals surface area contributed by atoms with Crippen LogP contribution in [-0.4, -0.2) is 60.0 Å². The van der Waals surface area contributed by atoms with E-state index >= 15 is 0 Å². The van der Waals surface area contributed by atoms with Gasteiger partial charge in [0.1, 0.15) is 0 Å². The zero-order valence-corrected chi connectivity index (χ0v) is 11.9. The largest absolute Gasteiger partial charge is 0.465 e. The van der Waals surface area contributed by atoms with Gasteiger partial charge in [-0.3, -0.25) is 14.5 Å². The second-order valence-corrected chi connectivity index (χ2v) is 5.35. The maximum absolute atomic E-state index is 12.3. The standard InChI is InChI=1S/C14H24N2O3/c1-3-16(12-7-8-12)13(17)9-15(11-5-6-11)10-14(18)19-4-2/h11-12H,3-10H2,1-2H3. The molecule has 0 saturated heterocycles. The van der Waals surface area contributed by atoms with Crippen LogP contribution in [-0.2, 0) is 14.3 Å². The Morgan fingerprint density at radius 1 is 1.05 bits per heavy atom. The Hall–Kier alpha value is -1.10. The summed E-state index contributed by atoms with van der Waals surface area (Å²) in [6, 6.07) is 0.840. The van der Waals surface area contributed by atoms with E-state index in [4.69, 9.17) is 4.74 Å². The van der Waals surface area contributed by atoms with Crippen molar-refractivity contribution in [2.75, 3.05) is 26.2 Å². The van der Waals surface area contributed by atoms with Crippen LogP contribution in [0.5, 0.6) is 0 Å². The van der Waals surface area contributed by atoms with Crippen LogP contribution in [0.2, 0.25) is 0 Å². The summed E-state index contributed by atoms with van der Waals surface area (Å²) in [4.78, 5) is 27.8. The zero-order chi connectivity index (χ0) is 13.8. The molecule has 19 heavy (non-hydrogen) atoms. The van der Waals surface area contributed by atoms with Gasteiger partial charge in [0.15, 0.2) is 0 Å². The van der Waals surface area contributed by atoms with E-state index in [1.54, 1.807) is 6.92 Å². The molecule has 0 unspecified atom stereocenters. The van der Waals surface area contributed by atoms with Crippen LogP contribution in [0, 0.1) is 0 Å². The van der Waals surface area contributed by atoms with Crippen molar-refractivity contribution in [3.05, 3.63) is 0 Å². The molecule has 0 spiro atoms. The number of esters is 1. The van der Waals surface area contributed by atoms with Gasteiger partial charge in [-0.2, -0.15) is 0 Å². The number of ether oxygens (including phenoxy) is 1. The molecule has 108 valence electrons. The maximum atomic E-state index is 12.3. The molecule has 5 nitrogen and oxygen atoms in total. The summed E-state index contributed by atoms with van der Waals surface area (Å²) in [6.07, 6.45) is 4.42. The van der Waals surface area contributed by atoms with E-state index in [0.717, 1.165) is 32.2 Å². The van der Waals surface area contributed by atoms with E-state index in [1.165, 1.54) is 0 Å². The fraction of sp³-hybridized carbons (Fsp3) is 0.857. The Balaban J connectivity index is 1.85. The van der Waals surface area contributed by atoms with E-state index in [9.17, 15) is 9.59 Å². The molecule has 0 aromatic heterocycles. The molecule has 0 atom stereocenters. The van der Waals surface area contributed by atoms with Gasteiger partial charge in [0.05, 0.1) is 19.7 Å². The first-order valence-corrected chi connectivity index (χ1v) is 7.34. The number of hydrogen-bond acceptors (Lipinski definition) is 4. The molecule has 2 aliphatic carbocycles. The van der Waals surface area contributed by atoms with Crippen molar-refractivity contribution in [1.82, 2.24) is 9.80 Å². The van der Waals surface area contributed by atoms with E-state index < -0.39 is 0 Å². The number of carbonyl (C=O) groups is 2. The van der Waals surface area contributed by atoms with Gasteiger partial charge >= 0.3 is 5.97 Å². The molecule has 0 radical (unpaired) electrons. The molecule has 2 rings (SSSR count). The van der Waals surface area contributed by atoms with Gasteiger partial charge in [-0.15, -0.1) is 0 Å². The van der Waals surface area contributed by atoms with Crippen LogP contribution in [0.1, 0.15) is 39.5 Å². The quantitative estimate of drug-likeness (QED) is 0.617. The molecule has 0 heterocycles. The number of rotatable bonds is 8. The van der Waals surface area contributed by atoms with Crippen LogP contribution >= 0.6 is 0 Å². The normalized spacial score (nSPS) is 18.5. The molecule has 0 aromatic carbocycles. The summed E-state index contributed by atoms with van der Waals surface area (Å²) in [6.45, 7) is 5.58. The Morgan fingerprint density at radius 3 is 2.16 bits per heavy atom. The topological polar surface area (TPSA) is 49.9 Å². The van der Waals surface area contributed by atoms with Gasteiger partial charge in [0.2, 0.25) is 5.91 Å². The monoisotopic (exact) mass is 268 g/mol. The van der Waals surface area contributed by atoms with Crippen LogP contribution < -0.4 is 0 Å². The molecule has 0 aromatic rings. The minimum atomic E-state index is -0.225. The number of hydrogen-bond donors (Lipinski definition) is 0. The highest BCUT2D eigenvalue weighted by molar-refractivity contribution is 5.80. The highest BCUT2D eigenvalue weighted by Gasteiger charge is 2.36. The van der Waals surface area contributed by atoms with Crippen molar-refractivity contribution < 1.29 is 14.3 Å². The van der Waals surface area contributed by atoms with Crippen LogP contribution in [0.15, 0.2) is 0 Å². The molecule has 2 saturated carbocycles. The zero-order valence-electron chi connectivity index (χ0n) is 11.9. The molecule has 5 heteroatoms. The van der Waals surface area contributed by atoms with Crippen molar-refractivity contribution >= 4 is 11.9 Å². The Labute approximate surface area is 114 Å². The lowest BCUT2D eigenvalue weighted by Crippen LogP contribution is -2.44. The van der Waals surface area contributed by atoms with Gasteiger partial charge < -0.3 is 9.64 Å². The van der Waals surface area contributed by atoms with Gasteiger partial charge in [0.25, 0.3) is 0 Å². The van der Waals surface area contributed by atoms with Crippen molar-refractivity contribution in [3.63, 3.8) is 0 Å². The van der Waals surface area contributed by atoms with E-state index in [-0.39, 0.29) is 18.4 Å². The molecule has 2 aliphatic rings. The van der Waals surface area contributed by atoms with Gasteiger partial charge in [-0.05, 0) is 39.5 Å². The fourth-order valence-electron chi connectivity index (χ4n) is 2.42. The summed E-state index contributed by atoms with van der Waals surface area (Å²) in [5.74, 6) is -0.0714. The van der Waals surface area contributed by atoms with Gasteiger partial charge in [-0.1, -0.05) is 0 Å². The second kappa shape index (κ2) is 6.37. The first kappa shape index (κ1) is 14.3. The Morgan fingerprint density at radius 2 is 1.68 bits per heavy atom. The molecular formula is C14H24N2O3. The minimum absolute atomic E-state index is 0.154. The highest BCUT2D eigenvalue weighted by atomic mass is 16.5. The summed E-state index contributed by atoms with van der Waals surface area (Å²) in [5.41, 5.74) is 0. The first-order chi connectivity index (χ1) is 9.15. The smallest absolute Gasteiger partial charge is 0.320 e. The van der Waals surface area contributed by atoms with Gasteiger partial charge in [0, 0.05) is 18.6 Å². The van der Waals surface area contributed by atoms with E-state index in [2.05, 4.69) is 0 Å². The van der Waals surface area contributed by atoms with Crippen molar-refractivity contribution in [2.24, 2.45) is 0 Å². The molecular weight excluding hydrogens is 244 g/mol. The molecule has 2 fully saturated rings. The third-order valence-electron chi connectivity index (χ3n) is 3.69. The summed E-state index contributed by atoms with van der Waals surface area (Å²) < 4.78 is 4.97. The summed E-state index contributed by atoms with van der Waals surface area (Å²) in [7, 11) is 0. The van der Waals surface area contributed by atoms with E-state index in [0.29, 0.717) is 25.2 Å². The number of likely N-dealkylation sites (N-methyl/N-ethyl adjacent to an activating group) is 1. The average Bonchev–Trinajstić information content (AvgIpc) is 3.23. The summed E-state index contributed by atoms with van der Waals surface area (Å²) in [5, 5.41) is 0. The van der Waals surface area contributed by atoms with Crippen molar-refractivity contribution in [3.8, 4) is 0 Å². The second-order valence-electron chi connectivity index (χ2n) is 5.35. The van der Waals surface area contributed by atoms with Crippen molar-refractivity contribution in [1.29, 1.82) is 0 Å². The van der Waals surface area contributed by atoms with Crippen LogP contribution in [0.25, 0.3) is 0 Å². The number of amides is 1. The predicted molar refractivity (Wildman–Crippen MR) is 71.6 cm³/mol. The number of carbonyl (C=O) groups excluding carboxylic acids is 2. The van der Waals surface area contributed by atoms with Crippen LogP contribution in [0.4, 0.5) is 0 Å². The van der Waals surface area contributed by atoms with E-state index in [1.807, 2.05) is 16.7 Å². The first-order valence-electron chi connectivity index (χ1n) is 7.34. The molecule has 0 aliphatic heterocycles. The van der Waals surface area contributed by atoms with Crippen molar-refractivity contribution in [2.45, 2.75) is 51.6 Å². The maximum Gasteiger partial charge on any atom is 0.320 e. The Bertz CT molecular complexity index is 338. The third kappa shape index (κ3) is 4.20. The number of nitrogens with zero attached hydrogens (tertiary/aromatic N) is 2. The lowest BCUT2D eigenvalue weighted by atomic mass is 10.3. The average molecular weight is 268 g/mol.